The Balaban J connectivity index is 2.29. The van der Waals surface area contributed by atoms with Crippen molar-refractivity contribution in [3.8, 4) is 5.75 Å². The van der Waals surface area contributed by atoms with Gasteiger partial charge in [0.15, 0.2) is 0 Å². The molecule has 2 rings (SSSR count). The van der Waals surface area contributed by atoms with E-state index in [0.29, 0.717) is 5.92 Å². The van der Waals surface area contributed by atoms with Crippen LogP contribution >= 0.6 is 15.9 Å². The molecule has 88 valence electrons. The predicted molar refractivity (Wildman–Crippen MR) is 70.3 cm³/mol. The van der Waals surface area contributed by atoms with Crippen LogP contribution in [0.4, 0.5) is 0 Å². The molecule has 0 unspecified atom stereocenters. The number of ether oxygens (including phenoxy) is 1. The van der Waals surface area contributed by atoms with Crippen LogP contribution in [0.3, 0.4) is 0 Å². The molecule has 1 aliphatic rings. The van der Waals surface area contributed by atoms with Gasteiger partial charge in [-0.25, -0.2) is 0 Å². The lowest BCUT2D eigenvalue weighted by Gasteiger charge is -2.24. The summed E-state index contributed by atoms with van der Waals surface area (Å²) in [5.74, 6) is 1.63. The van der Waals surface area contributed by atoms with Gasteiger partial charge in [-0.15, -0.1) is 0 Å². The van der Waals surface area contributed by atoms with Gasteiger partial charge in [-0.05, 0) is 71.9 Å². The summed E-state index contributed by atoms with van der Waals surface area (Å²) in [5, 5.41) is 3.40. The predicted octanol–water partition coefficient (Wildman–Crippen LogP) is 3.23. The molecule has 2 nitrogen and oxygen atoms in total. The van der Waals surface area contributed by atoms with Gasteiger partial charge in [0.25, 0.3) is 0 Å². The summed E-state index contributed by atoms with van der Waals surface area (Å²) in [4.78, 5) is 0. The van der Waals surface area contributed by atoms with Gasteiger partial charge < -0.3 is 10.1 Å². The first-order chi connectivity index (χ1) is 7.72. The van der Waals surface area contributed by atoms with Gasteiger partial charge in [0, 0.05) is 0 Å². The van der Waals surface area contributed by atoms with Crippen molar-refractivity contribution in [3.63, 3.8) is 0 Å². The van der Waals surface area contributed by atoms with Crippen LogP contribution < -0.4 is 10.1 Å². The van der Waals surface area contributed by atoms with Crippen molar-refractivity contribution < 1.29 is 4.74 Å². The van der Waals surface area contributed by atoms with Crippen molar-refractivity contribution in [3.05, 3.63) is 27.7 Å². The summed E-state index contributed by atoms with van der Waals surface area (Å²) in [6, 6.07) is 4.45. The molecule has 1 fully saturated rings. The fourth-order valence-corrected chi connectivity index (χ4v) is 2.69. The van der Waals surface area contributed by atoms with E-state index < -0.39 is 0 Å². The monoisotopic (exact) mass is 283 g/mol. The van der Waals surface area contributed by atoms with E-state index in [1.165, 1.54) is 24.0 Å². The maximum atomic E-state index is 5.39. The minimum atomic E-state index is 0.682. The molecule has 0 amide bonds. The lowest BCUT2D eigenvalue weighted by molar-refractivity contribution is 0.408. The van der Waals surface area contributed by atoms with Crippen molar-refractivity contribution in [2.45, 2.75) is 25.7 Å². The van der Waals surface area contributed by atoms with Crippen LogP contribution in [0.5, 0.6) is 5.75 Å². The molecule has 1 heterocycles. The highest BCUT2D eigenvalue weighted by atomic mass is 79.9. The van der Waals surface area contributed by atoms with Crippen LogP contribution in [0.15, 0.2) is 16.6 Å². The molecule has 16 heavy (non-hydrogen) atoms. The Labute approximate surface area is 106 Å². The van der Waals surface area contributed by atoms with Gasteiger partial charge in [-0.1, -0.05) is 6.07 Å². The number of halogens is 1. The Morgan fingerprint density at radius 2 is 2.00 bits per heavy atom. The van der Waals surface area contributed by atoms with Crippen LogP contribution in [0.2, 0.25) is 0 Å². The summed E-state index contributed by atoms with van der Waals surface area (Å²) >= 11 is 3.56. The molecular weight excluding hydrogens is 266 g/mol. The molecule has 0 radical (unpaired) electrons. The fraction of sp³-hybridized carbons (Fsp3) is 0.538. The molecule has 1 aliphatic heterocycles. The Morgan fingerprint density at radius 1 is 1.31 bits per heavy atom. The minimum absolute atomic E-state index is 0.682. The smallest absolute Gasteiger partial charge is 0.133 e. The molecule has 3 heteroatoms. The quantitative estimate of drug-likeness (QED) is 0.900. The molecular formula is C13H18BrNO. The number of methoxy groups -OCH3 is 1. The maximum Gasteiger partial charge on any atom is 0.133 e. The second kappa shape index (κ2) is 5.19. The first-order valence-corrected chi connectivity index (χ1v) is 6.56. The van der Waals surface area contributed by atoms with Crippen LogP contribution in [0, 0.1) is 6.92 Å². The third kappa shape index (κ3) is 2.41. The average molecular weight is 284 g/mol. The Bertz CT molecular complexity index is 372. The zero-order valence-corrected chi connectivity index (χ0v) is 11.4. The second-order valence-electron chi connectivity index (χ2n) is 4.38. The largest absolute Gasteiger partial charge is 0.496 e. The van der Waals surface area contributed by atoms with E-state index in [-0.39, 0.29) is 0 Å². The number of hydrogen-bond acceptors (Lipinski definition) is 2. The normalized spacial score (nSPS) is 17.4. The van der Waals surface area contributed by atoms with Gasteiger partial charge in [0.05, 0.1) is 11.6 Å². The summed E-state index contributed by atoms with van der Waals surface area (Å²) in [7, 11) is 1.73. The van der Waals surface area contributed by atoms with Gasteiger partial charge in [0.1, 0.15) is 5.75 Å². The van der Waals surface area contributed by atoms with Gasteiger partial charge in [-0.2, -0.15) is 0 Å². The van der Waals surface area contributed by atoms with Crippen molar-refractivity contribution in [2.75, 3.05) is 20.2 Å². The van der Waals surface area contributed by atoms with Crippen molar-refractivity contribution in [2.24, 2.45) is 0 Å². The van der Waals surface area contributed by atoms with Gasteiger partial charge in [0.2, 0.25) is 0 Å². The molecule has 1 saturated heterocycles. The molecule has 1 aromatic rings. The van der Waals surface area contributed by atoms with Crippen LogP contribution in [-0.4, -0.2) is 20.2 Å². The van der Waals surface area contributed by atoms with Crippen molar-refractivity contribution in [1.82, 2.24) is 5.32 Å². The number of aryl methyl sites for hydroxylation is 1. The molecule has 0 atom stereocenters. The van der Waals surface area contributed by atoms with Crippen LogP contribution in [0.25, 0.3) is 0 Å². The first kappa shape index (κ1) is 11.9. The number of benzene rings is 1. The number of hydrogen-bond donors (Lipinski definition) is 1. The summed E-state index contributed by atoms with van der Waals surface area (Å²) in [5.41, 5.74) is 2.67. The van der Waals surface area contributed by atoms with E-state index >= 15 is 0 Å². The number of rotatable bonds is 2. The van der Waals surface area contributed by atoms with Crippen molar-refractivity contribution in [1.29, 1.82) is 0 Å². The van der Waals surface area contributed by atoms with E-state index in [1.54, 1.807) is 7.11 Å². The van der Waals surface area contributed by atoms with E-state index in [0.717, 1.165) is 23.3 Å². The molecule has 0 aliphatic carbocycles. The van der Waals surface area contributed by atoms with Crippen molar-refractivity contribution >= 4 is 15.9 Å². The van der Waals surface area contributed by atoms with Crippen LogP contribution in [0.1, 0.15) is 29.9 Å². The average Bonchev–Trinajstić information content (AvgIpc) is 2.33. The fourth-order valence-electron chi connectivity index (χ4n) is 2.30. The molecule has 0 spiro atoms. The van der Waals surface area contributed by atoms with E-state index in [2.05, 4.69) is 40.3 Å². The Kier molecular flexibility index (Phi) is 3.87. The molecule has 1 N–H and O–H groups in total. The second-order valence-corrected chi connectivity index (χ2v) is 5.17. The summed E-state index contributed by atoms with van der Waals surface area (Å²) in [6.45, 7) is 4.38. The first-order valence-electron chi connectivity index (χ1n) is 5.77. The highest BCUT2D eigenvalue weighted by Crippen LogP contribution is 2.34. The lowest BCUT2D eigenvalue weighted by Crippen LogP contribution is -2.26. The SMILES string of the molecule is COc1cc(C2CCNCC2)cc(C)c1Br. The third-order valence-electron chi connectivity index (χ3n) is 3.27. The molecule has 0 aromatic heterocycles. The minimum Gasteiger partial charge on any atom is -0.496 e. The lowest BCUT2D eigenvalue weighted by atomic mass is 9.89. The Morgan fingerprint density at radius 3 is 2.62 bits per heavy atom. The highest BCUT2D eigenvalue weighted by Gasteiger charge is 2.17. The zero-order valence-electron chi connectivity index (χ0n) is 9.85. The molecule has 0 saturated carbocycles. The zero-order chi connectivity index (χ0) is 11.5. The summed E-state index contributed by atoms with van der Waals surface area (Å²) in [6.07, 6.45) is 2.45. The van der Waals surface area contributed by atoms with Gasteiger partial charge >= 0.3 is 0 Å². The highest BCUT2D eigenvalue weighted by molar-refractivity contribution is 9.10. The Hall–Kier alpha value is -0.540. The third-order valence-corrected chi connectivity index (χ3v) is 4.29. The van der Waals surface area contributed by atoms with E-state index in [9.17, 15) is 0 Å². The van der Waals surface area contributed by atoms with E-state index in [4.69, 9.17) is 4.74 Å². The summed E-state index contributed by atoms with van der Waals surface area (Å²) < 4.78 is 6.47. The van der Waals surface area contributed by atoms with Gasteiger partial charge in [-0.3, -0.25) is 0 Å². The number of piperidine rings is 1. The number of nitrogens with one attached hydrogen (secondary N) is 1. The molecule has 0 bridgehead atoms. The standard InChI is InChI=1S/C13H18BrNO/c1-9-7-11(8-12(16-2)13(9)14)10-3-5-15-6-4-10/h7-8,10,15H,3-6H2,1-2H3. The maximum absolute atomic E-state index is 5.39. The van der Waals surface area contributed by atoms with E-state index in [1.807, 2.05) is 0 Å². The van der Waals surface area contributed by atoms with Crippen LogP contribution in [-0.2, 0) is 0 Å². The molecule has 1 aromatic carbocycles. The topological polar surface area (TPSA) is 21.3 Å².